The van der Waals surface area contributed by atoms with Crippen LogP contribution in [0.3, 0.4) is 0 Å². The normalized spacial score (nSPS) is 21.1. The van der Waals surface area contributed by atoms with Crippen LogP contribution in [0.2, 0.25) is 0 Å². The minimum Gasteiger partial charge on any atom is -0.460 e. The molecule has 0 amide bonds. The predicted molar refractivity (Wildman–Crippen MR) is 119 cm³/mol. The first-order valence-electron chi connectivity index (χ1n) is 11.4. The predicted octanol–water partition coefficient (Wildman–Crippen LogP) is 5.70. The molecular formula is C25H42O4. The number of rotatable bonds is 15. The highest BCUT2D eigenvalue weighted by Crippen LogP contribution is 2.35. The molecule has 1 fully saturated rings. The molecule has 0 aliphatic heterocycles. The Kier molecular flexibility index (Phi) is 12.9. The lowest BCUT2D eigenvalue weighted by atomic mass is 9.91. The zero-order valence-electron chi connectivity index (χ0n) is 18.5. The zero-order chi connectivity index (χ0) is 21.5. The molecule has 1 aliphatic rings. The lowest BCUT2D eigenvalue weighted by Gasteiger charge is -2.20. The van der Waals surface area contributed by atoms with Crippen molar-refractivity contribution in [3.05, 3.63) is 37.0 Å². The van der Waals surface area contributed by atoms with Crippen LogP contribution in [0.5, 0.6) is 0 Å². The van der Waals surface area contributed by atoms with Gasteiger partial charge in [-0.05, 0) is 62.7 Å². The monoisotopic (exact) mass is 406 g/mol. The van der Waals surface area contributed by atoms with Gasteiger partial charge in [0.05, 0.1) is 0 Å². The average molecular weight is 407 g/mol. The number of unbranched alkanes of at least 4 members (excludes halogenated alkanes) is 2. The Balaban J connectivity index is 2.27. The highest BCUT2D eigenvalue weighted by Gasteiger charge is 2.25. The lowest BCUT2D eigenvalue weighted by Crippen LogP contribution is -2.34. The molecule has 0 saturated heterocycles. The fraction of sp³-hybridized carbons (Fsp3) is 0.720. The zero-order valence-corrected chi connectivity index (χ0v) is 18.5. The second-order valence-corrected chi connectivity index (χ2v) is 8.52. The van der Waals surface area contributed by atoms with E-state index in [4.69, 9.17) is 0 Å². The summed E-state index contributed by atoms with van der Waals surface area (Å²) < 4.78 is 4.67. The first-order chi connectivity index (χ1) is 13.9. The van der Waals surface area contributed by atoms with Gasteiger partial charge in [-0.25, -0.2) is 0 Å². The van der Waals surface area contributed by atoms with Crippen molar-refractivity contribution in [1.29, 1.82) is 0 Å². The van der Waals surface area contributed by atoms with E-state index < -0.39 is 11.8 Å². The highest BCUT2D eigenvalue weighted by molar-refractivity contribution is 5.65. The number of hydrogen-bond donors (Lipinski definition) is 2. The number of allylic oxidation sites excluding steroid dienone is 5. The molecule has 4 nitrogen and oxygen atoms in total. The molecule has 0 heterocycles. The molecule has 29 heavy (non-hydrogen) atoms. The molecule has 166 valence electrons. The van der Waals surface area contributed by atoms with Crippen molar-refractivity contribution >= 4 is 5.97 Å². The number of carbonyl (C=O) groups is 1. The van der Waals surface area contributed by atoms with Gasteiger partial charge in [-0.1, -0.05) is 56.6 Å². The van der Waals surface area contributed by atoms with Gasteiger partial charge in [0.2, 0.25) is 0 Å². The maximum absolute atomic E-state index is 10.7. The Morgan fingerprint density at radius 3 is 2.72 bits per heavy atom. The molecule has 1 aliphatic carbocycles. The number of carbonyl (C=O) groups excluding carboxylic acids is 1. The third-order valence-electron chi connectivity index (χ3n) is 5.86. The quantitative estimate of drug-likeness (QED) is 0.158. The maximum Gasteiger partial charge on any atom is 0.302 e. The molecular weight excluding hydrogens is 364 g/mol. The minimum absolute atomic E-state index is 0.196. The van der Waals surface area contributed by atoms with Crippen LogP contribution in [0.25, 0.3) is 0 Å². The average Bonchev–Trinajstić information content (AvgIpc) is 3.13. The van der Waals surface area contributed by atoms with Crippen LogP contribution in [-0.2, 0) is 9.53 Å². The van der Waals surface area contributed by atoms with Crippen LogP contribution in [-0.4, -0.2) is 28.6 Å². The minimum atomic E-state index is -1.93. The molecule has 0 bridgehead atoms. The lowest BCUT2D eigenvalue weighted by molar-refractivity contribution is -0.204. The van der Waals surface area contributed by atoms with Crippen LogP contribution < -0.4 is 0 Å². The number of aliphatic hydroxyl groups is 2. The van der Waals surface area contributed by atoms with Crippen molar-refractivity contribution in [2.24, 2.45) is 17.8 Å². The van der Waals surface area contributed by atoms with E-state index >= 15 is 0 Å². The van der Waals surface area contributed by atoms with E-state index in [0.717, 1.165) is 25.2 Å². The largest absolute Gasteiger partial charge is 0.460 e. The molecule has 0 aromatic carbocycles. The van der Waals surface area contributed by atoms with Crippen molar-refractivity contribution < 1.29 is 19.7 Å². The Bertz CT molecular complexity index is 521. The number of hydrogen-bond acceptors (Lipinski definition) is 4. The van der Waals surface area contributed by atoms with Crippen molar-refractivity contribution in [2.45, 2.75) is 90.3 Å². The van der Waals surface area contributed by atoms with Gasteiger partial charge in [-0.15, -0.1) is 6.58 Å². The Morgan fingerprint density at radius 1 is 1.24 bits per heavy atom. The summed E-state index contributed by atoms with van der Waals surface area (Å²) in [5, 5.41) is 19.5. The Labute approximate surface area is 177 Å². The van der Waals surface area contributed by atoms with Crippen molar-refractivity contribution in [2.75, 3.05) is 6.61 Å². The van der Waals surface area contributed by atoms with Crippen LogP contribution in [0.15, 0.2) is 37.0 Å². The molecule has 0 aromatic heterocycles. The molecule has 4 heteroatoms. The van der Waals surface area contributed by atoms with Crippen molar-refractivity contribution in [1.82, 2.24) is 0 Å². The van der Waals surface area contributed by atoms with Gasteiger partial charge in [0.1, 0.15) is 6.61 Å². The van der Waals surface area contributed by atoms with Crippen LogP contribution in [0.1, 0.15) is 84.5 Å². The third kappa shape index (κ3) is 12.0. The summed E-state index contributed by atoms with van der Waals surface area (Å²) in [5.74, 6) is -0.418. The SMILES string of the molecule is C=C[C@H](C/C=C/[C@H]1CCC[C@@H]1C/C=C\CCCC(O)(O)COC(C)=O)CCCC. The second-order valence-electron chi connectivity index (χ2n) is 8.52. The van der Waals surface area contributed by atoms with E-state index in [1.54, 1.807) is 0 Å². The first-order valence-corrected chi connectivity index (χ1v) is 11.4. The van der Waals surface area contributed by atoms with Crippen LogP contribution in [0, 0.1) is 17.8 Å². The smallest absolute Gasteiger partial charge is 0.302 e. The highest BCUT2D eigenvalue weighted by atomic mass is 16.6. The van der Waals surface area contributed by atoms with Gasteiger partial charge in [0.15, 0.2) is 5.79 Å². The van der Waals surface area contributed by atoms with E-state index in [0.29, 0.717) is 18.3 Å². The summed E-state index contributed by atoms with van der Waals surface area (Å²) in [4.78, 5) is 10.7. The molecule has 0 unspecified atom stereocenters. The van der Waals surface area contributed by atoms with Crippen molar-refractivity contribution in [3.63, 3.8) is 0 Å². The van der Waals surface area contributed by atoms with Crippen LogP contribution >= 0.6 is 0 Å². The molecule has 2 N–H and O–H groups in total. The first kappa shape index (κ1) is 25.6. The summed E-state index contributed by atoms with van der Waals surface area (Å²) in [7, 11) is 0. The maximum atomic E-state index is 10.7. The van der Waals surface area contributed by atoms with E-state index in [-0.39, 0.29) is 13.0 Å². The summed E-state index contributed by atoms with van der Waals surface area (Å²) >= 11 is 0. The fourth-order valence-electron chi connectivity index (χ4n) is 4.02. The fourth-order valence-corrected chi connectivity index (χ4v) is 4.02. The van der Waals surface area contributed by atoms with Gasteiger partial charge in [0.25, 0.3) is 0 Å². The molecule has 1 rings (SSSR count). The van der Waals surface area contributed by atoms with Crippen LogP contribution in [0.4, 0.5) is 0 Å². The van der Waals surface area contributed by atoms with Gasteiger partial charge in [-0.3, -0.25) is 4.79 Å². The summed E-state index contributed by atoms with van der Waals surface area (Å²) in [6, 6.07) is 0. The summed E-state index contributed by atoms with van der Waals surface area (Å²) in [5.41, 5.74) is 0. The topological polar surface area (TPSA) is 66.8 Å². The standard InChI is InChI=1S/C25H42O4/c1-4-6-13-22(5-2)14-11-16-24-18-12-17-23(24)15-9-7-8-10-19-25(27,28)20-29-21(3)26/h5,7,9,11,16,22-24,27-28H,2,4,6,8,10,12-15,17-20H2,1,3H3/b9-7-,16-11+/t22-,23-,24-/m0/s1. The van der Waals surface area contributed by atoms with E-state index in [1.807, 2.05) is 0 Å². The molecule has 1 saturated carbocycles. The summed E-state index contributed by atoms with van der Waals surface area (Å²) in [6.45, 7) is 7.11. The molecule has 0 radical (unpaired) electrons. The number of esters is 1. The van der Waals surface area contributed by atoms with Crippen molar-refractivity contribution in [3.8, 4) is 0 Å². The van der Waals surface area contributed by atoms with Gasteiger partial charge in [-0.2, -0.15) is 0 Å². The van der Waals surface area contributed by atoms with Gasteiger partial charge in [0, 0.05) is 13.3 Å². The second kappa shape index (κ2) is 14.6. The third-order valence-corrected chi connectivity index (χ3v) is 5.86. The van der Waals surface area contributed by atoms with Gasteiger partial charge >= 0.3 is 5.97 Å². The Hall–Kier alpha value is -1.39. The van der Waals surface area contributed by atoms with E-state index in [1.165, 1.54) is 45.4 Å². The van der Waals surface area contributed by atoms with E-state index in [9.17, 15) is 15.0 Å². The molecule has 0 aromatic rings. The van der Waals surface area contributed by atoms with E-state index in [2.05, 4.69) is 48.6 Å². The molecule has 3 atom stereocenters. The summed E-state index contributed by atoms with van der Waals surface area (Å²) in [6.07, 6.45) is 22.8. The Morgan fingerprint density at radius 2 is 2.03 bits per heavy atom. The van der Waals surface area contributed by atoms with Gasteiger partial charge < -0.3 is 14.9 Å². The number of ether oxygens (including phenoxy) is 1. The molecule has 0 spiro atoms.